The van der Waals surface area contributed by atoms with Crippen LogP contribution in [-0.4, -0.2) is 13.4 Å². The molecule has 1 rings (SSSR count). The topological polar surface area (TPSA) is 26.3 Å². The van der Waals surface area contributed by atoms with Crippen molar-refractivity contribution in [2.45, 2.75) is 19.0 Å². The molecule has 0 heterocycles. The maximum absolute atomic E-state index is 12.7. The van der Waals surface area contributed by atoms with Crippen LogP contribution in [0.15, 0.2) is 12.1 Å². The van der Waals surface area contributed by atoms with E-state index in [-0.39, 0.29) is 17.9 Å². The first-order chi connectivity index (χ1) is 7.90. The number of methoxy groups -OCH3 is 1. The largest absolute Gasteiger partial charge is 0.495 e. The number of hydrogen-bond acceptors (Lipinski definition) is 2. The fourth-order valence-electron chi connectivity index (χ4n) is 1.44. The summed E-state index contributed by atoms with van der Waals surface area (Å²) in [6, 6.07) is 2.33. The lowest BCUT2D eigenvalue weighted by atomic mass is 10.1. The van der Waals surface area contributed by atoms with Crippen molar-refractivity contribution in [3.8, 4) is 5.75 Å². The Bertz CT molecular complexity index is 416. The molecule has 0 radical (unpaired) electrons. The van der Waals surface area contributed by atoms with Crippen molar-refractivity contribution in [1.82, 2.24) is 0 Å². The number of rotatable bonds is 4. The summed E-state index contributed by atoms with van der Waals surface area (Å²) >= 11 is 5.71. The Balaban J connectivity index is 3.24. The minimum absolute atomic E-state index is 0.108. The highest BCUT2D eigenvalue weighted by molar-refractivity contribution is 6.32. The average Bonchev–Trinajstić information content (AvgIpc) is 2.24. The molecule has 1 aromatic rings. The summed E-state index contributed by atoms with van der Waals surface area (Å²) in [5.74, 6) is -0.394. The highest BCUT2D eigenvalue weighted by Crippen LogP contribution is 2.41. The second-order valence-corrected chi connectivity index (χ2v) is 3.77. The first-order valence-corrected chi connectivity index (χ1v) is 5.15. The molecule has 0 atom stereocenters. The summed E-state index contributed by atoms with van der Waals surface area (Å²) in [6.45, 7) is 0. The second kappa shape index (κ2) is 5.40. The Morgan fingerprint density at radius 3 is 2.53 bits per heavy atom. The summed E-state index contributed by atoms with van der Waals surface area (Å²) in [5.41, 5.74) is -0.566. The highest BCUT2D eigenvalue weighted by Gasteiger charge is 2.35. The number of carbonyl (C=O) groups is 1. The molecular weight excluding hydrogens is 257 g/mol. The van der Waals surface area contributed by atoms with Crippen LogP contribution in [0, 0.1) is 0 Å². The van der Waals surface area contributed by atoms with Crippen molar-refractivity contribution in [3.05, 3.63) is 28.3 Å². The smallest absolute Gasteiger partial charge is 0.420 e. The van der Waals surface area contributed by atoms with Crippen LogP contribution in [0.5, 0.6) is 5.75 Å². The Kier molecular flexibility index (Phi) is 4.40. The molecule has 17 heavy (non-hydrogen) atoms. The van der Waals surface area contributed by atoms with Crippen LogP contribution in [0.2, 0.25) is 5.02 Å². The van der Waals surface area contributed by atoms with E-state index in [1.54, 1.807) is 0 Å². The zero-order chi connectivity index (χ0) is 13.1. The van der Waals surface area contributed by atoms with Gasteiger partial charge in [-0.1, -0.05) is 11.6 Å². The number of aldehydes is 1. The van der Waals surface area contributed by atoms with Crippen LogP contribution in [-0.2, 0) is 17.4 Å². The molecule has 1 aromatic carbocycles. The van der Waals surface area contributed by atoms with Gasteiger partial charge in [-0.05, 0) is 24.1 Å². The van der Waals surface area contributed by atoms with Gasteiger partial charge in [-0.15, -0.1) is 0 Å². The van der Waals surface area contributed by atoms with E-state index in [9.17, 15) is 18.0 Å². The molecule has 0 amide bonds. The zero-order valence-electron chi connectivity index (χ0n) is 8.97. The van der Waals surface area contributed by atoms with Gasteiger partial charge in [-0.3, -0.25) is 0 Å². The third-order valence-corrected chi connectivity index (χ3v) is 2.44. The predicted octanol–water partition coefficient (Wildman–Crippen LogP) is 3.50. The lowest BCUT2D eigenvalue weighted by molar-refractivity contribution is -0.138. The van der Waals surface area contributed by atoms with E-state index in [0.29, 0.717) is 11.8 Å². The SMILES string of the molecule is COc1c(Cl)cc(CCC=O)cc1C(F)(F)F. The van der Waals surface area contributed by atoms with Gasteiger partial charge in [0.15, 0.2) is 0 Å². The normalized spacial score (nSPS) is 11.4. The number of aryl methyl sites for hydroxylation is 1. The summed E-state index contributed by atoms with van der Waals surface area (Å²) in [7, 11) is 1.13. The van der Waals surface area contributed by atoms with Crippen molar-refractivity contribution >= 4 is 17.9 Å². The Labute approximate surface area is 101 Å². The summed E-state index contributed by atoms with van der Waals surface area (Å²) in [5, 5.41) is -0.108. The van der Waals surface area contributed by atoms with E-state index in [1.807, 2.05) is 0 Å². The van der Waals surface area contributed by atoms with E-state index in [4.69, 9.17) is 11.6 Å². The fraction of sp³-hybridized carbons (Fsp3) is 0.364. The lowest BCUT2D eigenvalue weighted by Gasteiger charge is -2.14. The molecule has 0 aliphatic heterocycles. The molecule has 2 nitrogen and oxygen atoms in total. The molecule has 0 aliphatic rings. The quantitative estimate of drug-likeness (QED) is 0.780. The van der Waals surface area contributed by atoms with Crippen LogP contribution < -0.4 is 4.74 Å². The molecule has 0 fully saturated rings. The molecule has 0 saturated heterocycles. The van der Waals surface area contributed by atoms with E-state index in [1.165, 1.54) is 6.07 Å². The average molecular weight is 267 g/mol. The molecule has 0 saturated carbocycles. The minimum Gasteiger partial charge on any atom is -0.495 e. The second-order valence-electron chi connectivity index (χ2n) is 3.36. The number of hydrogen-bond donors (Lipinski definition) is 0. The first-order valence-electron chi connectivity index (χ1n) is 4.77. The van der Waals surface area contributed by atoms with E-state index >= 15 is 0 Å². The fourth-order valence-corrected chi connectivity index (χ4v) is 1.76. The monoisotopic (exact) mass is 266 g/mol. The third kappa shape index (κ3) is 3.36. The van der Waals surface area contributed by atoms with E-state index in [2.05, 4.69) is 4.74 Å². The van der Waals surface area contributed by atoms with Crippen LogP contribution >= 0.6 is 11.6 Å². The van der Waals surface area contributed by atoms with Gasteiger partial charge in [0.05, 0.1) is 17.7 Å². The summed E-state index contributed by atoms with van der Waals surface area (Å²) in [4.78, 5) is 10.2. The number of alkyl halides is 3. The maximum atomic E-state index is 12.7. The third-order valence-electron chi connectivity index (χ3n) is 2.16. The molecule has 94 valence electrons. The Morgan fingerprint density at radius 2 is 2.06 bits per heavy atom. The van der Waals surface area contributed by atoms with Gasteiger partial charge in [0, 0.05) is 6.42 Å². The molecule has 0 unspecified atom stereocenters. The Morgan fingerprint density at radius 1 is 1.41 bits per heavy atom. The molecule has 0 spiro atoms. The van der Waals surface area contributed by atoms with Crippen LogP contribution in [0.25, 0.3) is 0 Å². The standard InChI is InChI=1S/C11H10ClF3O2/c1-17-10-8(11(13,14)15)5-7(3-2-4-16)6-9(10)12/h4-6H,2-3H2,1H3. The van der Waals surface area contributed by atoms with E-state index in [0.717, 1.165) is 13.2 Å². The van der Waals surface area contributed by atoms with E-state index < -0.39 is 17.5 Å². The summed E-state index contributed by atoms with van der Waals surface area (Å²) < 4.78 is 42.8. The van der Waals surface area contributed by atoms with Crippen molar-refractivity contribution in [2.75, 3.05) is 7.11 Å². The maximum Gasteiger partial charge on any atom is 0.420 e. The van der Waals surface area contributed by atoms with Gasteiger partial charge in [-0.25, -0.2) is 0 Å². The van der Waals surface area contributed by atoms with Crippen molar-refractivity contribution < 1.29 is 22.7 Å². The van der Waals surface area contributed by atoms with Gasteiger partial charge in [0.1, 0.15) is 12.0 Å². The molecular formula is C11H10ClF3O2. The summed E-state index contributed by atoms with van der Waals surface area (Å²) in [6.07, 6.45) is -3.52. The van der Waals surface area contributed by atoms with Crippen LogP contribution in [0.3, 0.4) is 0 Å². The first kappa shape index (κ1) is 13.8. The van der Waals surface area contributed by atoms with Gasteiger partial charge >= 0.3 is 6.18 Å². The van der Waals surface area contributed by atoms with Crippen LogP contribution in [0.1, 0.15) is 17.5 Å². The molecule has 0 bridgehead atoms. The molecule has 0 N–H and O–H groups in total. The highest BCUT2D eigenvalue weighted by atomic mass is 35.5. The zero-order valence-corrected chi connectivity index (χ0v) is 9.73. The number of benzene rings is 1. The molecule has 0 aliphatic carbocycles. The number of carbonyl (C=O) groups excluding carboxylic acids is 1. The number of halogens is 4. The van der Waals surface area contributed by atoms with Crippen LogP contribution in [0.4, 0.5) is 13.2 Å². The molecule has 6 heteroatoms. The van der Waals surface area contributed by atoms with Gasteiger partial charge in [-0.2, -0.15) is 13.2 Å². The lowest BCUT2D eigenvalue weighted by Crippen LogP contribution is -2.09. The Hall–Kier alpha value is -1.23. The molecule has 0 aromatic heterocycles. The number of ether oxygens (including phenoxy) is 1. The van der Waals surface area contributed by atoms with Gasteiger partial charge in [0.2, 0.25) is 0 Å². The van der Waals surface area contributed by atoms with Gasteiger partial charge in [0.25, 0.3) is 0 Å². The minimum atomic E-state index is -4.54. The van der Waals surface area contributed by atoms with Gasteiger partial charge < -0.3 is 9.53 Å². The van der Waals surface area contributed by atoms with Crippen molar-refractivity contribution in [1.29, 1.82) is 0 Å². The van der Waals surface area contributed by atoms with Crippen molar-refractivity contribution in [2.24, 2.45) is 0 Å². The predicted molar refractivity (Wildman–Crippen MR) is 57.4 cm³/mol. The van der Waals surface area contributed by atoms with Crippen molar-refractivity contribution in [3.63, 3.8) is 0 Å².